The van der Waals surface area contributed by atoms with Gasteiger partial charge in [-0.05, 0) is 76.0 Å². The lowest BCUT2D eigenvalue weighted by Crippen LogP contribution is -2.45. The maximum Gasteiger partial charge on any atom is 0.0613 e. The van der Waals surface area contributed by atoms with Crippen LogP contribution in [0, 0.1) is 5.92 Å². The molecule has 3 rings (SSSR count). The zero-order valence-electron chi connectivity index (χ0n) is 17.1. The van der Waals surface area contributed by atoms with E-state index in [2.05, 4.69) is 48.0 Å². The van der Waals surface area contributed by atoms with Gasteiger partial charge in [-0.2, -0.15) is 0 Å². The van der Waals surface area contributed by atoms with Gasteiger partial charge in [0.05, 0.1) is 6.61 Å². The summed E-state index contributed by atoms with van der Waals surface area (Å²) in [7, 11) is 0. The Morgan fingerprint density at radius 1 is 1.15 bits per heavy atom. The third kappa shape index (κ3) is 4.68. The molecule has 0 bridgehead atoms. The molecule has 2 aliphatic heterocycles. The minimum absolute atomic E-state index is 0.156. The standard InChI is InChI=1S/C22H36ClN3O/c1-4-25-12-10-20(11-13-25)24-15-18-14-22(3,16-27)26(5-2)21(18)17-6-8-19(23)9-7-17/h6-9,18,20-21,24,27H,4-5,10-16H2,1-3H3/t18-,21+,22+/m1/s1. The fraction of sp³-hybridized carbons (Fsp3) is 0.727. The Labute approximate surface area is 169 Å². The van der Waals surface area contributed by atoms with Gasteiger partial charge in [0.2, 0.25) is 0 Å². The first-order valence-electron chi connectivity index (χ1n) is 10.6. The maximum absolute atomic E-state index is 10.1. The Hall–Kier alpha value is -0.650. The largest absolute Gasteiger partial charge is 0.394 e. The van der Waals surface area contributed by atoms with Gasteiger partial charge in [0, 0.05) is 29.2 Å². The van der Waals surface area contributed by atoms with Crippen LogP contribution in [-0.2, 0) is 0 Å². The van der Waals surface area contributed by atoms with Gasteiger partial charge in [-0.25, -0.2) is 0 Å². The number of benzene rings is 1. The average molecular weight is 394 g/mol. The number of aliphatic hydroxyl groups excluding tert-OH is 1. The number of likely N-dealkylation sites (tertiary alicyclic amines) is 2. The summed E-state index contributed by atoms with van der Waals surface area (Å²) in [6, 6.07) is 9.24. The molecule has 1 aromatic rings. The fourth-order valence-electron chi connectivity index (χ4n) is 5.19. The summed E-state index contributed by atoms with van der Waals surface area (Å²) in [5.41, 5.74) is 1.16. The number of halogens is 1. The molecule has 2 aliphatic rings. The van der Waals surface area contributed by atoms with Gasteiger partial charge in [-0.15, -0.1) is 0 Å². The summed E-state index contributed by atoms with van der Waals surface area (Å²) in [4.78, 5) is 5.02. The van der Waals surface area contributed by atoms with Gasteiger partial charge < -0.3 is 15.3 Å². The summed E-state index contributed by atoms with van der Waals surface area (Å²) in [6.45, 7) is 12.4. The van der Waals surface area contributed by atoms with Crippen LogP contribution in [0.4, 0.5) is 0 Å². The van der Waals surface area contributed by atoms with Gasteiger partial charge in [0.15, 0.2) is 0 Å². The molecule has 0 unspecified atom stereocenters. The average Bonchev–Trinajstić information content (AvgIpc) is 2.99. The van der Waals surface area contributed by atoms with Crippen molar-refractivity contribution >= 4 is 11.6 Å². The maximum atomic E-state index is 10.1. The molecule has 0 aliphatic carbocycles. The quantitative estimate of drug-likeness (QED) is 0.743. The van der Waals surface area contributed by atoms with Crippen molar-refractivity contribution < 1.29 is 5.11 Å². The fourth-order valence-corrected chi connectivity index (χ4v) is 5.31. The topological polar surface area (TPSA) is 38.7 Å². The number of likely N-dealkylation sites (N-methyl/N-ethyl adjacent to an activating group) is 1. The highest BCUT2D eigenvalue weighted by Gasteiger charge is 2.48. The van der Waals surface area contributed by atoms with E-state index in [0.29, 0.717) is 18.0 Å². The molecule has 5 heteroatoms. The van der Waals surface area contributed by atoms with Crippen molar-refractivity contribution in [3.8, 4) is 0 Å². The van der Waals surface area contributed by atoms with Crippen molar-refractivity contribution in [1.29, 1.82) is 0 Å². The van der Waals surface area contributed by atoms with Crippen LogP contribution in [0.3, 0.4) is 0 Å². The van der Waals surface area contributed by atoms with E-state index < -0.39 is 0 Å². The summed E-state index contributed by atoms with van der Waals surface area (Å²) in [6.07, 6.45) is 3.49. The molecule has 0 spiro atoms. The summed E-state index contributed by atoms with van der Waals surface area (Å²) in [5.74, 6) is 0.493. The summed E-state index contributed by atoms with van der Waals surface area (Å²) in [5, 5.41) is 14.8. The molecule has 0 saturated carbocycles. The number of hydrogen-bond donors (Lipinski definition) is 2. The number of rotatable bonds is 7. The van der Waals surface area contributed by atoms with E-state index in [-0.39, 0.29) is 12.1 Å². The van der Waals surface area contributed by atoms with Crippen molar-refractivity contribution in [2.24, 2.45) is 5.92 Å². The SMILES string of the molecule is CCN1CCC(NC[C@H]2C[C@@](C)(CO)N(CC)[C@H]2c2ccc(Cl)cc2)CC1. The zero-order chi connectivity index (χ0) is 19.4. The molecule has 27 heavy (non-hydrogen) atoms. The number of aliphatic hydroxyl groups is 1. The predicted octanol–water partition coefficient (Wildman–Crippen LogP) is 3.55. The smallest absolute Gasteiger partial charge is 0.0613 e. The molecule has 2 N–H and O–H groups in total. The first-order valence-corrected chi connectivity index (χ1v) is 11.0. The van der Waals surface area contributed by atoms with Crippen molar-refractivity contribution in [2.45, 2.75) is 57.7 Å². The third-order valence-electron chi connectivity index (χ3n) is 6.77. The van der Waals surface area contributed by atoms with E-state index in [0.717, 1.165) is 31.1 Å². The Kier molecular flexibility index (Phi) is 7.20. The lowest BCUT2D eigenvalue weighted by atomic mass is 9.90. The second-order valence-electron chi connectivity index (χ2n) is 8.52. The Bertz CT molecular complexity index is 588. The zero-order valence-corrected chi connectivity index (χ0v) is 17.9. The normalized spacial score (nSPS) is 30.9. The van der Waals surface area contributed by atoms with E-state index >= 15 is 0 Å². The highest BCUT2D eigenvalue weighted by molar-refractivity contribution is 6.30. The van der Waals surface area contributed by atoms with E-state index in [9.17, 15) is 5.11 Å². The Balaban J connectivity index is 1.72. The number of nitrogens with zero attached hydrogens (tertiary/aromatic N) is 2. The lowest BCUT2D eigenvalue weighted by Gasteiger charge is -2.37. The minimum atomic E-state index is -0.156. The highest BCUT2D eigenvalue weighted by Crippen LogP contribution is 2.46. The van der Waals surface area contributed by atoms with E-state index in [1.807, 2.05) is 12.1 Å². The molecule has 2 heterocycles. The predicted molar refractivity (Wildman–Crippen MR) is 113 cm³/mol. The molecular weight excluding hydrogens is 358 g/mol. The number of nitrogens with one attached hydrogen (secondary N) is 1. The van der Waals surface area contributed by atoms with Crippen LogP contribution in [0.2, 0.25) is 5.02 Å². The van der Waals surface area contributed by atoms with Crippen molar-refractivity contribution in [2.75, 3.05) is 39.3 Å². The van der Waals surface area contributed by atoms with Crippen LogP contribution in [0.25, 0.3) is 0 Å². The first-order chi connectivity index (χ1) is 13.0. The molecule has 4 nitrogen and oxygen atoms in total. The molecule has 152 valence electrons. The molecule has 1 aromatic carbocycles. The number of piperidine rings is 1. The monoisotopic (exact) mass is 393 g/mol. The molecule has 0 aromatic heterocycles. The van der Waals surface area contributed by atoms with Crippen LogP contribution < -0.4 is 5.32 Å². The second kappa shape index (κ2) is 9.23. The second-order valence-corrected chi connectivity index (χ2v) is 8.95. The molecule has 0 amide bonds. The molecule has 2 saturated heterocycles. The van der Waals surface area contributed by atoms with Gasteiger partial charge in [0.25, 0.3) is 0 Å². The van der Waals surface area contributed by atoms with Crippen LogP contribution in [0.5, 0.6) is 0 Å². The van der Waals surface area contributed by atoms with Crippen molar-refractivity contribution in [3.63, 3.8) is 0 Å². The van der Waals surface area contributed by atoms with Crippen molar-refractivity contribution in [3.05, 3.63) is 34.9 Å². The molecule has 3 atom stereocenters. The molecular formula is C22H36ClN3O. The van der Waals surface area contributed by atoms with E-state index in [1.54, 1.807) is 0 Å². The Morgan fingerprint density at radius 2 is 1.81 bits per heavy atom. The van der Waals surface area contributed by atoms with Crippen LogP contribution in [-0.4, -0.2) is 65.8 Å². The first kappa shape index (κ1) is 21.1. The molecule has 2 fully saturated rings. The highest BCUT2D eigenvalue weighted by atomic mass is 35.5. The number of hydrogen-bond acceptors (Lipinski definition) is 4. The van der Waals surface area contributed by atoms with Gasteiger partial charge >= 0.3 is 0 Å². The van der Waals surface area contributed by atoms with Crippen LogP contribution >= 0.6 is 11.6 Å². The van der Waals surface area contributed by atoms with Crippen LogP contribution in [0.1, 0.15) is 51.6 Å². The lowest BCUT2D eigenvalue weighted by molar-refractivity contribution is 0.0578. The van der Waals surface area contributed by atoms with Gasteiger partial charge in [-0.1, -0.05) is 37.6 Å². The van der Waals surface area contributed by atoms with Gasteiger partial charge in [0.1, 0.15) is 0 Å². The molecule has 0 radical (unpaired) electrons. The van der Waals surface area contributed by atoms with E-state index in [4.69, 9.17) is 11.6 Å². The Morgan fingerprint density at radius 3 is 2.37 bits per heavy atom. The third-order valence-corrected chi connectivity index (χ3v) is 7.03. The minimum Gasteiger partial charge on any atom is -0.394 e. The van der Waals surface area contributed by atoms with E-state index in [1.165, 1.54) is 31.5 Å². The summed E-state index contributed by atoms with van der Waals surface area (Å²) >= 11 is 6.12. The van der Waals surface area contributed by atoms with Crippen LogP contribution in [0.15, 0.2) is 24.3 Å². The van der Waals surface area contributed by atoms with Crippen molar-refractivity contribution in [1.82, 2.24) is 15.1 Å². The summed E-state index contributed by atoms with van der Waals surface area (Å²) < 4.78 is 0. The van der Waals surface area contributed by atoms with Gasteiger partial charge in [-0.3, -0.25) is 4.90 Å².